The Morgan fingerprint density at radius 1 is 1.19 bits per heavy atom. The molecule has 1 fully saturated rings. The molecule has 0 radical (unpaired) electrons. The summed E-state index contributed by atoms with van der Waals surface area (Å²) in [4.78, 5) is 8.22. The van der Waals surface area contributed by atoms with Crippen molar-refractivity contribution in [3.63, 3.8) is 0 Å². The van der Waals surface area contributed by atoms with Crippen molar-refractivity contribution >= 4 is 29.9 Å². The molecule has 6 nitrogen and oxygen atoms in total. The SMILES string of the molecule is CN=C(NCc1ccc(-n2ccnc2)c(F)c1)NCc1ccccc1OCC1CC1.I. The number of hydrogen-bond acceptors (Lipinski definition) is 3. The van der Waals surface area contributed by atoms with E-state index in [1.54, 1.807) is 36.4 Å². The van der Waals surface area contributed by atoms with Gasteiger partial charge >= 0.3 is 0 Å². The predicted octanol–water partition coefficient (Wildman–Crippen LogP) is 4.28. The second kappa shape index (κ2) is 11.1. The number of ether oxygens (including phenoxy) is 1. The van der Waals surface area contributed by atoms with Gasteiger partial charge in [-0.05, 0) is 42.5 Å². The fourth-order valence-corrected chi connectivity index (χ4v) is 3.14. The summed E-state index contributed by atoms with van der Waals surface area (Å²) in [6.45, 7) is 1.83. The highest BCUT2D eigenvalue weighted by Gasteiger charge is 2.22. The number of nitrogens with one attached hydrogen (secondary N) is 2. The molecule has 1 aromatic heterocycles. The van der Waals surface area contributed by atoms with Crippen molar-refractivity contribution in [1.29, 1.82) is 0 Å². The number of imidazole rings is 1. The van der Waals surface area contributed by atoms with Crippen LogP contribution in [-0.2, 0) is 13.1 Å². The molecule has 0 bridgehead atoms. The lowest BCUT2D eigenvalue weighted by molar-refractivity contribution is 0.296. The third kappa shape index (κ3) is 6.43. The summed E-state index contributed by atoms with van der Waals surface area (Å²) >= 11 is 0. The Hall–Kier alpha value is -2.62. The normalized spacial score (nSPS) is 13.4. The highest BCUT2D eigenvalue weighted by molar-refractivity contribution is 14.0. The molecule has 0 unspecified atom stereocenters. The van der Waals surface area contributed by atoms with Gasteiger partial charge in [0.15, 0.2) is 5.96 Å². The third-order valence-electron chi connectivity index (χ3n) is 5.07. The van der Waals surface area contributed by atoms with E-state index in [0.717, 1.165) is 23.5 Å². The van der Waals surface area contributed by atoms with Gasteiger partial charge < -0.3 is 19.9 Å². The molecule has 2 aromatic carbocycles. The zero-order valence-corrected chi connectivity index (χ0v) is 19.8. The predicted molar refractivity (Wildman–Crippen MR) is 131 cm³/mol. The number of halogens is 2. The second-order valence-electron chi connectivity index (χ2n) is 7.40. The van der Waals surface area contributed by atoms with Crippen LogP contribution in [0.5, 0.6) is 5.75 Å². The first-order chi connectivity index (χ1) is 14.7. The molecule has 2 N–H and O–H groups in total. The van der Waals surface area contributed by atoms with Crippen molar-refractivity contribution in [3.8, 4) is 11.4 Å². The van der Waals surface area contributed by atoms with Crippen molar-refractivity contribution in [2.75, 3.05) is 13.7 Å². The van der Waals surface area contributed by atoms with Crippen LogP contribution in [0.4, 0.5) is 4.39 Å². The quantitative estimate of drug-likeness (QED) is 0.257. The van der Waals surface area contributed by atoms with E-state index in [1.165, 1.54) is 18.9 Å². The Kier molecular flexibility index (Phi) is 8.27. The minimum atomic E-state index is -0.294. The zero-order valence-electron chi connectivity index (χ0n) is 17.4. The lowest BCUT2D eigenvalue weighted by Gasteiger charge is -2.15. The van der Waals surface area contributed by atoms with E-state index in [4.69, 9.17) is 4.74 Å². The maximum absolute atomic E-state index is 14.4. The monoisotopic (exact) mass is 535 g/mol. The van der Waals surface area contributed by atoms with Gasteiger partial charge in [0.1, 0.15) is 11.6 Å². The van der Waals surface area contributed by atoms with Crippen LogP contribution in [0.1, 0.15) is 24.0 Å². The van der Waals surface area contributed by atoms with Crippen LogP contribution in [-0.4, -0.2) is 29.2 Å². The van der Waals surface area contributed by atoms with Crippen LogP contribution >= 0.6 is 24.0 Å². The van der Waals surface area contributed by atoms with E-state index < -0.39 is 0 Å². The van der Waals surface area contributed by atoms with Crippen molar-refractivity contribution in [1.82, 2.24) is 20.2 Å². The highest BCUT2D eigenvalue weighted by Crippen LogP contribution is 2.30. The fraction of sp³-hybridized carbons (Fsp3) is 0.304. The molecule has 1 saturated carbocycles. The van der Waals surface area contributed by atoms with Crippen LogP contribution < -0.4 is 15.4 Å². The third-order valence-corrected chi connectivity index (χ3v) is 5.07. The van der Waals surface area contributed by atoms with Gasteiger partial charge in [0.25, 0.3) is 0 Å². The van der Waals surface area contributed by atoms with Gasteiger partial charge in [0.05, 0.1) is 18.6 Å². The van der Waals surface area contributed by atoms with Crippen LogP contribution in [0.15, 0.2) is 66.2 Å². The number of aromatic nitrogens is 2. The molecule has 1 aliphatic rings. The van der Waals surface area contributed by atoms with Gasteiger partial charge in [0, 0.05) is 38.1 Å². The molecule has 0 saturated heterocycles. The minimum Gasteiger partial charge on any atom is -0.493 e. The first-order valence-electron chi connectivity index (χ1n) is 10.1. The summed E-state index contributed by atoms with van der Waals surface area (Å²) in [5, 5.41) is 6.53. The second-order valence-corrected chi connectivity index (χ2v) is 7.40. The van der Waals surface area contributed by atoms with Crippen molar-refractivity contribution in [2.24, 2.45) is 10.9 Å². The first kappa shape index (κ1) is 23.1. The summed E-state index contributed by atoms with van der Waals surface area (Å²) in [5.74, 6) is 1.97. The van der Waals surface area contributed by atoms with Gasteiger partial charge in [0.2, 0.25) is 0 Å². The van der Waals surface area contributed by atoms with Crippen molar-refractivity contribution < 1.29 is 9.13 Å². The van der Waals surface area contributed by atoms with Crippen molar-refractivity contribution in [3.05, 3.63) is 78.1 Å². The Labute approximate surface area is 199 Å². The Morgan fingerprint density at radius 2 is 2.00 bits per heavy atom. The van der Waals surface area contributed by atoms with E-state index in [0.29, 0.717) is 30.7 Å². The zero-order chi connectivity index (χ0) is 20.8. The first-order valence-corrected chi connectivity index (χ1v) is 10.1. The van der Waals surface area contributed by atoms with Crippen LogP contribution in [0.25, 0.3) is 5.69 Å². The van der Waals surface area contributed by atoms with E-state index in [2.05, 4.69) is 20.6 Å². The standard InChI is InChI=1S/C23H26FN5O.HI/c1-25-23(28-14-19-4-2-3-5-22(19)30-15-17-6-7-17)27-13-18-8-9-21(20(24)12-18)29-11-10-26-16-29;/h2-5,8-12,16-17H,6-7,13-15H2,1H3,(H2,25,27,28);1H. The van der Waals surface area contributed by atoms with Gasteiger partial charge in [-0.25, -0.2) is 9.37 Å². The summed E-state index contributed by atoms with van der Waals surface area (Å²) in [6, 6.07) is 13.2. The molecular formula is C23H27FIN5O. The molecule has 3 aromatic rings. The number of rotatable bonds is 8. The smallest absolute Gasteiger partial charge is 0.191 e. The summed E-state index contributed by atoms with van der Waals surface area (Å²) in [5.41, 5.74) is 2.38. The average molecular weight is 535 g/mol. The lowest BCUT2D eigenvalue weighted by atomic mass is 10.2. The van der Waals surface area contributed by atoms with E-state index in [9.17, 15) is 4.39 Å². The van der Waals surface area contributed by atoms with Crippen LogP contribution in [0, 0.1) is 11.7 Å². The molecule has 0 atom stereocenters. The van der Waals surface area contributed by atoms with E-state index in [1.807, 2.05) is 30.3 Å². The molecule has 0 aliphatic heterocycles. The number of guanidine groups is 1. The van der Waals surface area contributed by atoms with E-state index >= 15 is 0 Å². The van der Waals surface area contributed by atoms with Crippen LogP contribution in [0.3, 0.4) is 0 Å². The topological polar surface area (TPSA) is 63.5 Å². The van der Waals surface area contributed by atoms with E-state index in [-0.39, 0.29) is 29.8 Å². The van der Waals surface area contributed by atoms with Gasteiger partial charge in [-0.1, -0.05) is 24.3 Å². The Balaban J connectivity index is 0.00000272. The summed E-state index contributed by atoms with van der Waals surface area (Å²) in [6.07, 6.45) is 7.45. The molecule has 4 rings (SSSR count). The average Bonchev–Trinajstić information content (AvgIpc) is 3.44. The number of para-hydroxylation sites is 1. The highest BCUT2D eigenvalue weighted by atomic mass is 127. The number of nitrogens with zero attached hydrogens (tertiary/aromatic N) is 3. The number of benzene rings is 2. The molecule has 1 heterocycles. The molecule has 0 spiro atoms. The molecule has 164 valence electrons. The Morgan fingerprint density at radius 3 is 2.71 bits per heavy atom. The van der Waals surface area contributed by atoms with Gasteiger partial charge in [-0.2, -0.15) is 0 Å². The molecule has 0 amide bonds. The minimum absolute atomic E-state index is 0. The molecular weight excluding hydrogens is 508 g/mol. The molecule has 1 aliphatic carbocycles. The summed E-state index contributed by atoms with van der Waals surface area (Å²) in [7, 11) is 1.72. The number of aliphatic imine (C=N–C) groups is 1. The fourth-order valence-electron chi connectivity index (χ4n) is 3.14. The Bertz CT molecular complexity index is 1000. The van der Waals surface area contributed by atoms with Crippen molar-refractivity contribution in [2.45, 2.75) is 25.9 Å². The molecule has 8 heteroatoms. The largest absolute Gasteiger partial charge is 0.493 e. The summed E-state index contributed by atoms with van der Waals surface area (Å²) < 4.78 is 22.0. The maximum Gasteiger partial charge on any atom is 0.191 e. The van der Waals surface area contributed by atoms with Gasteiger partial charge in [-0.3, -0.25) is 4.99 Å². The number of hydrogen-bond donors (Lipinski definition) is 2. The molecule has 31 heavy (non-hydrogen) atoms. The lowest BCUT2D eigenvalue weighted by Crippen LogP contribution is -2.36. The van der Waals surface area contributed by atoms with Crippen LogP contribution in [0.2, 0.25) is 0 Å². The van der Waals surface area contributed by atoms with Gasteiger partial charge in [-0.15, -0.1) is 24.0 Å². The maximum atomic E-state index is 14.4.